The molecule has 106 valence electrons. The Kier molecular flexibility index (Phi) is 6.56. The molecule has 0 aromatic carbocycles. The zero-order valence-corrected chi connectivity index (χ0v) is 10.7. The molecular formula is C12H24N2O4. The van der Waals surface area contributed by atoms with Crippen molar-refractivity contribution in [1.82, 2.24) is 10.6 Å². The lowest BCUT2D eigenvalue weighted by atomic mass is 9.95. The molecule has 0 radical (unpaired) electrons. The Morgan fingerprint density at radius 1 is 1.06 bits per heavy atom. The highest BCUT2D eigenvalue weighted by atomic mass is 16.3. The quantitative estimate of drug-likeness (QED) is 0.393. The van der Waals surface area contributed by atoms with Crippen molar-refractivity contribution in [2.45, 2.75) is 43.7 Å². The van der Waals surface area contributed by atoms with E-state index in [1.807, 2.05) is 0 Å². The summed E-state index contributed by atoms with van der Waals surface area (Å²) in [7, 11) is 0. The average Bonchev–Trinajstić information content (AvgIpc) is 2.42. The van der Waals surface area contributed by atoms with Crippen molar-refractivity contribution >= 4 is 5.91 Å². The van der Waals surface area contributed by atoms with Crippen molar-refractivity contribution in [3.05, 3.63) is 0 Å². The number of hydrogen-bond donors (Lipinski definition) is 5. The lowest BCUT2D eigenvalue weighted by molar-refractivity contribution is -0.121. The maximum atomic E-state index is 11.7. The molecule has 1 amide bonds. The second kappa shape index (κ2) is 7.68. The smallest absolute Gasteiger partial charge is 0.234 e. The molecule has 1 saturated carbocycles. The molecule has 0 bridgehead atoms. The Hall–Kier alpha value is -0.690. The van der Waals surface area contributed by atoms with Crippen LogP contribution in [0.3, 0.4) is 0 Å². The monoisotopic (exact) mass is 260 g/mol. The van der Waals surface area contributed by atoms with E-state index in [4.69, 9.17) is 15.3 Å². The fourth-order valence-corrected chi connectivity index (χ4v) is 2.11. The van der Waals surface area contributed by atoms with Crippen LogP contribution in [0.2, 0.25) is 0 Å². The molecule has 0 heterocycles. The summed E-state index contributed by atoms with van der Waals surface area (Å²) < 4.78 is 0. The van der Waals surface area contributed by atoms with Crippen LogP contribution in [-0.4, -0.2) is 59.2 Å². The first-order valence-corrected chi connectivity index (χ1v) is 6.53. The van der Waals surface area contributed by atoms with Gasteiger partial charge < -0.3 is 20.6 Å². The molecule has 1 rings (SSSR count). The molecule has 18 heavy (non-hydrogen) atoms. The van der Waals surface area contributed by atoms with Crippen molar-refractivity contribution in [3.8, 4) is 0 Å². The van der Waals surface area contributed by atoms with E-state index in [2.05, 4.69) is 10.6 Å². The summed E-state index contributed by atoms with van der Waals surface area (Å²) in [5.41, 5.74) is -1.19. The molecule has 0 saturated heterocycles. The van der Waals surface area contributed by atoms with Crippen LogP contribution in [0, 0.1) is 0 Å². The molecule has 0 aliphatic heterocycles. The van der Waals surface area contributed by atoms with E-state index in [9.17, 15) is 4.79 Å². The van der Waals surface area contributed by atoms with Crippen LogP contribution < -0.4 is 10.6 Å². The molecule has 0 aromatic rings. The number of rotatable bonds is 7. The van der Waals surface area contributed by atoms with Gasteiger partial charge in [-0.15, -0.1) is 0 Å². The van der Waals surface area contributed by atoms with E-state index in [1.165, 1.54) is 6.42 Å². The second-order valence-corrected chi connectivity index (χ2v) is 5.01. The number of aliphatic hydroxyl groups excluding tert-OH is 3. The molecule has 0 atom stereocenters. The molecule has 0 spiro atoms. The average molecular weight is 260 g/mol. The van der Waals surface area contributed by atoms with Crippen LogP contribution >= 0.6 is 0 Å². The van der Waals surface area contributed by atoms with Crippen molar-refractivity contribution in [1.29, 1.82) is 0 Å². The van der Waals surface area contributed by atoms with Gasteiger partial charge >= 0.3 is 0 Å². The van der Waals surface area contributed by atoms with Crippen molar-refractivity contribution in [3.63, 3.8) is 0 Å². The van der Waals surface area contributed by atoms with Gasteiger partial charge in [0, 0.05) is 6.04 Å². The van der Waals surface area contributed by atoms with Gasteiger partial charge in [-0.3, -0.25) is 10.1 Å². The standard InChI is InChI=1S/C12H24N2O4/c15-7-12(8-16,9-17)13-6-11(18)14-10-4-2-1-3-5-10/h10,13,15-17H,1-9H2,(H,14,18). The van der Waals surface area contributed by atoms with Gasteiger partial charge in [-0.25, -0.2) is 0 Å². The summed E-state index contributed by atoms with van der Waals surface area (Å²) in [5, 5.41) is 32.9. The summed E-state index contributed by atoms with van der Waals surface area (Å²) >= 11 is 0. The highest BCUT2D eigenvalue weighted by Crippen LogP contribution is 2.17. The molecule has 6 heteroatoms. The van der Waals surface area contributed by atoms with Crippen LogP contribution in [0.5, 0.6) is 0 Å². The van der Waals surface area contributed by atoms with Gasteiger partial charge in [0.2, 0.25) is 5.91 Å². The Morgan fingerprint density at radius 2 is 1.61 bits per heavy atom. The topological polar surface area (TPSA) is 102 Å². The fraction of sp³-hybridized carbons (Fsp3) is 0.917. The minimum atomic E-state index is -1.19. The van der Waals surface area contributed by atoms with Crippen LogP contribution in [0.1, 0.15) is 32.1 Å². The third-order valence-electron chi connectivity index (χ3n) is 3.50. The van der Waals surface area contributed by atoms with E-state index in [-0.39, 0.29) is 18.5 Å². The molecule has 5 N–H and O–H groups in total. The normalized spacial score (nSPS) is 17.7. The van der Waals surface area contributed by atoms with E-state index in [0.717, 1.165) is 25.7 Å². The number of aliphatic hydroxyl groups is 3. The number of hydrogen-bond acceptors (Lipinski definition) is 5. The summed E-state index contributed by atoms with van der Waals surface area (Å²) in [6, 6.07) is 0.236. The van der Waals surface area contributed by atoms with E-state index in [0.29, 0.717) is 0 Å². The zero-order valence-electron chi connectivity index (χ0n) is 10.7. The third kappa shape index (κ3) is 4.53. The Morgan fingerprint density at radius 3 is 2.11 bits per heavy atom. The van der Waals surface area contributed by atoms with Crippen molar-refractivity contribution in [2.24, 2.45) is 0 Å². The molecule has 0 unspecified atom stereocenters. The van der Waals surface area contributed by atoms with Crippen LogP contribution in [0.25, 0.3) is 0 Å². The Bertz CT molecular complexity index is 242. The summed E-state index contributed by atoms with van der Waals surface area (Å²) in [6.07, 6.45) is 5.54. The lowest BCUT2D eigenvalue weighted by Crippen LogP contribution is -2.57. The van der Waals surface area contributed by atoms with Gasteiger partial charge in [-0.05, 0) is 12.8 Å². The van der Waals surface area contributed by atoms with Gasteiger partial charge in [0.25, 0.3) is 0 Å². The Labute approximate surface area is 107 Å². The minimum absolute atomic E-state index is 0.0157. The van der Waals surface area contributed by atoms with Crippen LogP contribution in [-0.2, 0) is 4.79 Å². The summed E-state index contributed by atoms with van der Waals surface area (Å²) in [5.74, 6) is -0.165. The van der Waals surface area contributed by atoms with Crippen LogP contribution in [0.15, 0.2) is 0 Å². The largest absolute Gasteiger partial charge is 0.394 e. The van der Waals surface area contributed by atoms with Gasteiger partial charge in [0.15, 0.2) is 0 Å². The lowest BCUT2D eigenvalue weighted by Gasteiger charge is -2.29. The molecular weight excluding hydrogens is 236 g/mol. The number of carbonyl (C=O) groups excluding carboxylic acids is 1. The minimum Gasteiger partial charge on any atom is -0.394 e. The highest BCUT2D eigenvalue weighted by molar-refractivity contribution is 5.78. The molecule has 1 fully saturated rings. The maximum Gasteiger partial charge on any atom is 0.234 e. The van der Waals surface area contributed by atoms with Crippen molar-refractivity contribution in [2.75, 3.05) is 26.4 Å². The van der Waals surface area contributed by atoms with E-state index >= 15 is 0 Å². The van der Waals surface area contributed by atoms with E-state index in [1.54, 1.807) is 0 Å². The van der Waals surface area contributed by atoms with E-state index < -0.39 is 25.4 Å². The predicted molar refractivity (Wildman–Crippen MR) is 67.0 cm³/mol. The van der Waals surface area contributed by atoms with Gasteiger partial charge in [-0.2, -0.15) is 0 Å². The predicted octanol–water partition coefficient (Wildman–Crippen LogP) is -1.26. The number of carbonyl (C=O) groups is 1. The first-order chi connectivity index (χ1) is 8.65. The first-order valence-electron chi connectivity index (χ1n) is 6.53. The zero-order chi connectivity index (χ0) is 13.4. The third-order valence-corrected chi connectivity index (χ3v) is 3.50. The van der Waals surface area contributed by atoms with Crippen LogP contribution in [0.4, 0.5) is 0 Å². The second-order valence-electron chi connectivity index (χ2n) is 5.01. The number of nitrogens with one attached hydrogen (secondary N) is 2. The molecule has 0 aromatic heterocycles. The SMILES string of the molecule is O=C(CNC(CO)(CO)CO)NC1CCCCC1. The molecule has 6 nitrogen and oxygen atoms in total. The van der Waals surface area contributed by atoms with Gasteiger partial charge in [0.1, 0.15) is 0 Å². The summed E-state index contributed by atoms with van der Waals surface area (Å²) in [6.45, 7) is -1.28. The van der Waals surface area contributed by atoms with Crippen molar-refractivity contribution < 1.29 is 20.1 Å². The fourth-order valence-electron chi connectivity index (χ4n) is 2.11. The molecule has 1 aliphatic rings. The maximum absolute atomic E-state index is 11.7. The number of amides is 1. The van der Waals surface area contributed by atoms with Gasteiger partial charge in [0.05, 0.1) is 31.9 Å². The molecule has 1 aliphatic carbocycles. The van der Waals surface area contributed by atoms with Gasteiger partial charge in [-0.1, -0.05) is 19.3 Å². The summed E-state index contributed by atoms with van der Waals surface area (Å²) in [4.78, 5) is 11.7. The first kappa shape index (κ1) is 15.4. The Balaban J connectivity index is 2.30. The highest BCUT2D eigenvalue weighted by Gasteiger charge is 2.28.